The molecule has 26 heavy (non-hydrogen) atoms. The smallest absolute Gasteiger partial charge is 0.174 e. The average molecular weight is 397 g/mol. The van der Waals surface area contributed by atoms with E-state index in [9.17, 15) is 4.57 Å². The highest BCUT2D eigenvalue weighted by Crippen LogP contribution is 2.80. The van der Waals surface area contributed by atoms with Gasteiger partial charge in [0.25, 0.3) is 0 Å². The van der Waals surface area contributed by atoms with Crippen molar-refractivity contribution in [2.45, 2.75) is 83.4 Å². The average Bonchev–Trinajstić information content (AvgIpc) is 2.82. The summed E-state index contributed by atoms with van der Waals surface area (Å²) in [7, 11) is 0.657. The topological polar surface area (TPSA) is 29.5 Å². The Bertz CT molecular complexity index is 703. The molecule has 0 saturated heterocycles. The molecular weight excluding hydrogens is 360 g/mol. The zero-order valence-corrected chi connectivity index (χ0v) is 20.3. The lowest BCUT2D eigenvalue weighted by Crippen LogP contribution is -2.38. The molecule has 1 unspecified atom stereocenters. The van der Waals surface area contributed by atoms with Crippen LogP contribution in [-0.2, 0) is 4.57 Å². The summed E-state index contributed by atoms with van der Waals surface area (Å²) in [6, 6.07) is 6.26. The molecule has 3 nitrogen and oxygen atoms in total. The van der Waals surface area contributed by atoms with E-state index in [-0.39, 0.29) is 21.1 Å². The minimum absolute atomic E-state index is 0.00350. The van der Waals surface area contributed by atoms with Crippen LogP contribution >= 0.6 is 15.1 Å². The second-order valence-corrected chi connectivity index (χ2v) is 18.4. The third kappa shape index (κ3) is 3.35. The van der Waals surface area contributed by atoms with Gasteiger partial charge in [-0.2, -0.15) is 0 Å². The Hall–Kier alpha value is -0.520. The van der Waals surface area contributed by atoms with Crippen molar-refractivity contribution in [3.8, 4) is 5.75 Å². The first kappa shape index (κ1) is 21.8. The van der Waals surface area contributed by atoms with E-state index in [1.54, 1.807) is 0 Å². The number of nitrogens with zero attached hydrogens (tertiary/aromatic N) is 1. The lowest BCUT2D eigenvalue weighted by molar-refractivity contribution is 0.341. The highest BCUT2D eigenvalue weighted by atomic mass is 31.2. The van der Waals surface area contributed by atoms with Gasteiger partial charge in [-0.25, -0.2) is 0 Å². The van der Waals surface area contributed by atoms with Gasteiger partial charge in [-0.05, 0) is 25.2 Å². The van der Waals surface area contributed by atoms with E-state index in [1.807, 2.05) is 6.07 Å². The number of benzene rings is 1. The summed E-state index contributed by atoms with van der Waals surface area (Å²) in [6.45, 7) is 19.5. The van der Waals surface area contributed by atoms with E-state index in [1.165, 1.54) is 11.0 Å². The minimum atomic E-state index is -2.73. The first-order chi connectivity index (χ1) is 11.5. The van der Waals surface area contributed by atoms with Crippen molar-refractivity contribution in [1.82, 2.24) is 0 Å². The molecule has 0 saturated carbocycles. The largest absolute Gasteiger partial charge is 0.477 e. The first-order valence-corrected chi connectivity index (χ1v) is 12.6. The van der Waals surface area contributed by atoms with Gasteiger partial charge in [0.15, 0.2) is 5.59 Å². The Balaban J connectivity index is 2.79. The van der Waals surface area contributed by atoms with E-state index in [0.29, 0.717) is 0 Å². The standard InChI is InChI=1S/C21H37NO2P2/c1-19(2,3)25-17-15(22(10)11)13-12-14-16(17)24-18(25)26(23,20(4,5)6)21(7,8)9/h12-14,18H,1-11H3/t18-,25?/m1/s1. The number of fused-ring (bicyclic) bond motifs is 1. The normalized spacial score (nSPS) is 21.3. The summed E-state index contributed by atoms with van der Waals surface area (Å²) in [5.74, 6) is 0.927. The SMILES string of the molecule is CN(C)c1cccc2c1P(C(C)(C)C)[C@H](P(=O)(C(C)(C)C)C(C)(C)C)O2. The molecule has 0 spiro atoms. The molecule has 1 aromatic rings. The molecule has 0 aliphatic carbocycles. The molecule has 5 heteroatoms. The molecule has 1 aliphatic rings. The number of ether oxygens (including phenoxy) is 1. The van der Waals surface area contributed by atoms with Crippen LogP contribution in [0.4, 0.5) is 5.69 Å². The molecule has 1 aliphatic heterocycles. The molecule has 1 heterocycles. The third-order valence-corrected chi connectivity index (χ3v) is 14.5. The fourth-order valence-corrected chi connectivity index (χ4v) is 15.1. The van der Waals surface area contributed by atoms with Crippen molar-refractivity contribution < 1.29 is 9.30 Å². The van der Waals surface area contributed by atoms with Crippen LogP contribution in [0, 0.1) is 0 Å². The predicted molar refractivity (Wildman–Crippen MR) is 119 cm³/mol. The van der Waals surface area contributed by atoms with Crippen LogP contribution in [0.15, 0.2) is 18.2 Å². The van der Waals surface area contributed by atoms with E-state index in [0.717, 1.165) is 5.75 Å². The van der Waals surface area contributed by atoms with Gasteiger partial charge in [0.2, 0.25) is 0 Å². The molecule has 2 rings (SSSR count). The van der Waals surface area contributed by atoms with E-state index in [4.69, 9.17) is 4.74 Å². The maximum atomic E-state index is 14.7. The molecular formula is C21H37NO2P2. The second-order valence-electron chi connectivity index (χ2n) is 10.5. The Labute approximate surface area is 162 Å². The maximum absolute atomic E-state index is 14.7. The molecule has 0 N–H and O–H groups in total. The molecule has 148 valence electrons. The van der Waals surface area contributed by atoms with Gasteiger partial charge >= 0.3 is 0 Å². The minimum Gasteiger partial charge on any atom is -0.477 e. The molecule has 0 radical (unpaired) electrons. The molecule has 1 aromatic carbocycles. The zero-order chi connectivity index (χ0) is 20.3. The van der Waals surface area contributed by atoms with E-state index < -0.39 is 15.1 Å². The highest BCUT2D eigenvalue weighted by Gasteiger charge is 2.60. The van der Waals surface area contributed by atoms with Crippen LogP contribution in [0.5, 0.6) is 5.75 Å². The fraction of sp³-hybridized carbons (Fsp3) is 0.714. The van der Waals surface area contributed by atoms with Gasteiger partial charge in [0, 0.05) is 35.4 Å². The highest BCUT2D eigenvalue weighted by molar-refractivity contribution is 7.84. The molecule has 0 amide bonds. The summed E-state index contributed by atoms with van der Waals surface area (Å²) in [4.78, 5) is 2.16. The number of hydrogen-bond acceptors (Lipinski definition) is 3. The Morgan fingerprint density at radius 1 is 0.962 bits per heavy atom. The predicted octanol–water partition coefficient (Wildman–Crippen LogP) is 6.29. The number of anilines is 1. The molecule has 2 atom stereocenters. The number of rotatable bonds is 2. The Kier molecular flexibility index (Phi) is 5.46. The van der Waals surface area contributed by atoms with E-state index in [2.05, 4.69) is 93.4 Å². The van der Waals surface area contributed by atoms with Gasteiger partial charge < -0.3 is 14.2 Å². The summed E-state index contributed by atoms with van der Waals surface area (Å²) < 4.78 is 21.3. The van der Waals surface area contributed by atoms with Crippen LogP contribution in [0.1, 0.15) is 62.3 Å². The Morgan fingerprint density at radius 2 is 1.46 bits per heavy atom. The van der Waals surface area contributed by atoms with Gasteiger partial charge in [0.05, 0.1) is 0 Å². The van der Waals surface area contributed by atoms with E-state index >= 15 is 0 Å². The zero-order valence-electron chi connectivity index (χ0n) is 18.5. The lowest BCUT2D eigenvalue weighted by atomic mass is 10.2. The number of hydrogen-bond donors (Lipinski definition) is 0. The summed E-state index contributed by atoms with van der Waals surface area (Å²) in [5.41, 5.74) is 0.953. The monoisotopic (exact) mass is 397 g/mol. The van der Waals surface area contributed by atoms with Crippen LogP contribution in [0.3, 0.4) is 0 Å². The summed E-state index contributed by atoms with van der Waals surface area (Å²) in [5, 5.41) is 0.645. The molecule has 0 aromatic heterocycles. The van der Waals surface area contributed by atoms with Gasteiger partial charge in [0.1, 0.15) is 12.9 Å². The first-order valence-electron chi connectivity index (χ1n) is 9.40. The van der Waals surface area contributed by atoms with Crippen LogP contribution in [0.2, 0.25) is 0 Å². The fourth-order valence-electron chi connectivity index (χ4n) is 4.06. The van der Waals surface area contributed by atoms with Crippen molar-refractivity contribution in [3.05, 3.63) is 18.2 Å². The van der Waals surface area contributed by atoms with Crippen molar-refractivity contribution >= 4 is 26.1 Å². The van der Waals surface area contributed by atoms with Crippen LogP contribution in [0.25, 0.3) is 0 Å². The summed E-state index contributed by atoms with van der Waals surface area (Å²) in [6.07, 6.45) is 0. The quantitative estimate of drug-likeness (QED) is 0.549. The third-order valence-electron chi connectivity index (χ3n) is 5.18. The molecule has 0 bridgehead atoms. The lowest BCUT2D eigenvalue weighted by Gasteiger charge is -2.47. The maximum Gasteiger partial charge on any atom is 0.174 e. The second kappa shape index (κ2) is 6.52. The van der Waals surface area contributed by atoms with Crippen molar-refractivity contribution in [2.24, 2.45) is 0 Å². The van der Waals surface area contributed by atoms with Gasteiger partial charge in [-0.3, -0.25) is 0 Å². The Morgan fingerprint density at radius 3 is 1.85 bits per heavy atom. The van der Waals surface area contributed by atoms with Crippen LogP contribution < -0.4 is 14.9 Å². The van der Waals surface area contributed by atoms with Crippen molar-refractivity contribution in [3.63, 3.8) is 0 Å². The van der Waals surface area contributed by atoms with Crippen molar-refractivity contribution in [1.29, 1.82) is 0 Å². The van der Waals surface area contributed by atoms with Crippen molar-refractivity contribution in [2.75, 3.05) is 19.0 Å². The van der Waals surface area contributed by atoms with Gasteiger partial charge in [-0.1, -0.05) is 68.4 Å². The van der Waals surface area contributed by atoms with Crippen LogP contribution in [-0.4, -0.2) is 35.1 Å². The molecule has 0 fully saturated rings. The summed E-state index contributed by atoms with van der Waals surface area (Å²) >= 11 is 0. The van der Waals surface area contributed by atoms with Gasteiger partial charge in [-0.15, -0.1) is 0 Å².